The Morgan fingerprint density at radius 1 is 1.32 bits per heavy atom. The van der Waals surface area contributed by atoms with Crippen molar-refractivity contribution < 1.29 is 13.0 Å². The Morgan fingerprint density at radius 2 is 2.06 bits per heavy atom. The summed E-state index contributed by atoms with van der Waals surface area (Å²) in [6, 6.07) is 9.56. The minimum atomic E-state index is -2.67. The van der Waals surface area contributed by atoms with Crippen LogP contribution in [0.1, 0.15) is 45.0 Å². The van der Waals surface area contributed by atoms with Gasteiger partial charge in [-0.15, -0.1) is 0 Å². The molecule has 2 aliphatic rings. The predicted molar refractivity (Wildman–Crippen MR) is 118 cm³/mol. The molecular formula is C23H26F2N4OS. The molecular weight excluding hydrogens is 418 g/mol. The number of nitriles is 1. The molecule has 5 atom stereocenters. The fraction of sp³-hybridized carbons (Fsp3) is 0.435. The van der Waals surface area contributed by atoms with Crippen molar-refractivity contribution in [3.63, 3.8) is 0 Å². The fourth-order valence-corrected chi connectivity index (χ4v) is 5.98. The largest absolute Gasteiger partial charge is 0.256 e. The summed E-state index contributed by atoms with van der Waals surface area (Å²) in [5, 5.41) is 8.93. The molecule has 5 unspecified atom stereocenters. The number of nitrogens with one attached hydrogen (secondary N) is 1. The minimum absolute atomic E-state index is 0.0781. The van der Waals surface area contributed by atoms with Crippen LogP contribution in [0.2, 0.25) is 0 Å². The van der Waals surface area contributed by atoms with E-state index in [1.165, 1.54) is 0 Å². The number of hydrogen-bond acceptors (Lipinski definition) is 4. The lowest BCUT2D eigenvalue weighted by molar-refractivity contribution is -0.102. The van der Waals surface area contributed by atoms with Crippen LogP contribution in [0.5, 0.6) is 0 Å². The maximum Gasteiger partial charge on any atom is 0.252 e. The van der Waals surface area contributed by atoms with Gasteiger partial charge in [-0.1, -0.05) is 19.6 Å². The van der Waals surface area contributed by atoms with Crippen LogP contribution in [-0.2, 0) is 11.0 Å². The summed E-state index contributed by atoms with van der Waals surface area (Å²) in [6.07, 6.45) is 5.21. The first-order valence-electron chi connectivity index (χ1n) is 10.1. The van der Waals surface area contributed by atoms with E-state index in [2.05, 4.69) is 27.3 Å². The first-order valence-corrected chi connectivity index (χ1v) is 11.3. The van der Waals surface area contributed by atoms with Gasteiger partial charge in [-0.2, -0.15) is 5.26 Å². The van der Waals surface area contributed by atoms with Crippen molar-refractivity contribution in [2.45, 2.75) is 50.3 Å². The Balaban J connectivity index is 0.000000176. The third-order valence-corrected chi connectivity index (χ3v) is 8.12. The number of hydrogen-bond donors (Lipinski definition) is 1. The molecule has 1 aliphatic carbocycles. The summed E-state index contributed by atoms with van der Waals surface area (Å²) in [6.45, 7) is 8.89. The van der Waals surface area contributed by atoms with E-state index in [-0.39, 0.29) is 18.4 Å². The van der Waals surface area contributed by atoms with Crippen LogP contribution in [0.25, 0.3) is 17.2 Å². The molecule has 2 aromatic rings. The van der Waals surface area contributed by atoms with E-state index in [0.29, 0.717) is 12.1 Å². The molecule has 164 valence electrons. The van der Waals surface area contributed by atoms with Crippen molar-refractivity contribution in [1.29, 1.82) is 5.26 Å². The summed E-state index contributed by atoms with van der Waals surface area (Å²) >= 11 is 0. The molecule has 8 heteroatoms. The van der Waals surface area contributed by atoms with Crippen LogP contribution in [0.4, 0.5) is 8.78 Å². The number of fused-ring (bicyclic) bond motifs is 1. The monoisotopic (exact) mass is 444 g/mol. The van der Waals surface area contributed by atoms with Crippen LogP contribution >= 0.6 is 0 Å². The number of nitrogens with zero attached hydrogens (tertiary/aromatic N) is 3. The van der Waals surface area contributed by atoms with Gasteiger partial charge in [-0.05, 0) is 50.5 Å². The molecule has 0 radical (unpaired) electrons. The first kappa shape index (κ1) is 23.2. The van der Waals surface area contributed by atoms with Gasteiger partial charge in [0.2, 0.25) is 0 Å². The zero-order valence-electron chi connectivity index (χ0n) is 17.8. The molecule has 0 amide bonds. The van der Waals surface area contributed by atoms with Crippen LogP contribution in [0.3, 0.4) is 0 Å². The minimum Gasteiger partial charge on any atom is -0.256 e. The Labute approximate surface area is 184 Å². The van der Waals surface area contributed by atoms with Gasteiger partial charge in [0.05, 0.1) is 21.4 Å². The molecule has 2 fully saturated rings. The molecule has 1 aliphatic heterocycles. The van der Waals surface area contributed by atoms with Gasteiger partial charge < -0.3 is 0 Å². The van der Waals surface area contributed by atoms with E-state index in [4.69, 9.17) is 5.26 Å². The number of pyridine rings is 2. The maximum atomic E-state index is 13.6. The van der Waals surface area contributed by atoms with Crippen molar-refractivity contribution >= 4 is 17.1 Å². The summed E-state index contributed by atoms with van der Waals surface area (Å²) in [5.74, 6) is -3.17. The molecule has 3 heterocycles. The van der Waals surface area contributed by atoms with Gasteiger partial charge >= 0.3 is 0 Å². The Hall–Kier alpha value is -2.50. The SMILES string of the molecule is C=Cc1ccc(-c2cccnc2C#N)cn1.CC1NS(=O)C2(C)CC(F)(F)C(C)CC12. The second-order valence-corrected chi connectivity index (χ2v) is 10.1. The molecule has 2 aromatic heterocycles. The second-order valence-electron chi connectivity index (χ2n) is 8.36. The molecule has 1 saturated heterocycles. The van der Waals surface area contributed by atoms with Gasteiger partial charge in [-0.3, -0.25) is 4.98 Å². The van der Waals surface area contributed by atoms with E-state index in [0.717, 1.165) is 16.8 Å². The number of halogens is 2. The van der Waals surface area contributed by atoms with E-state index < -0.39 is 27.6 Å². The number of rotatable bonds is 2. The Morgan fingerprint density at radius 3 is 2.68 bits per heavy atom. The van der Waals surface area contributed by atoms with Gasteiger partial charge in [0.25, 0.3) is 5.92 Å². The zero-order chi connectivity index (χ0) is 22.8. The maximum absolute atomic E-state index is 13.6. The molecule has 0 spiro atoms. The van der Waals surface area contributed by atoms with E-state index in [9.17, 15) is 13.0 Å². The average molecular weight is 445 g/mol. The van der Waals surface area contributed by atoms with Gasteiger partial charge in [0, 0.05) is 41.9 Å². The van der Waals surface area contributed by atoms with E-state index >= 15 is 0 Å². The molecule has 0 aromatic carbocycles. The van der Waals surface area contributed by atoms with E-state index in [1.807, 2.05) is 25.1 Å². The highest BCUT2D eigenvalue weighted by atomic mass is 32.2. The van der Waals surface area contributed by atoms with Crippen LogP contribution in [-0.4, -0.2) is 30.9 Å². The van der Waals surface area contributed by atoms with Gasteiger partial charge in [-0.25, -0.2) is 22.7 Å². The standard InChI is InChI=1S/C13H9N3.C10H17F2NOS/c1-2-11-6-5-10(9-16-11)12-4-3-7-15-13(12)8-14;1-6-4-8-7(2)13-15(14)9(8,3)5-10(6,11)12/h2-7,9H,1H2;6-8,13H,4-5H2,1-3H3. The molecule has 4 rings (SSSR count). The smallest absolute Gasteiger partial charge is 0.252 e. The van der Waals surface area contributed by atoms with Crippen molar-refractivity contribution in [2.75, 3.05) is 0 Å². The molecule has 0 bridgehead atoms. The quantitative estimate of drug-likeness (QED) is 0.726. The average Bonchev–Trinajstić information content (AvgIpc) is 2.96. The van der Waals surface area contributed by atoms with Crippen molar-refractivity contribution in [3.05, 3.63) is 54.6 Å². The summed E-state index contributed by atoms with van der Waals surface area (Å²) in [5.41, 5.74) is 2.91. The number of alkyl halides is 2. The third kappa shape index (κ3) is 4.58. The van der Waals surface area contributed by atoms with Gasteiger partial charge in [0.15, 0.2) is 0 Å². The molecule has 31 heavy (non-hydrogen) atoms. The lowest BCUT2D eigenvalue weighted by atomic mass is 9.70. The summed E-state index contributed by atoms with van der Waals surface area (Å²) < 4.78 is 41.2. The fourth-order valence-electron chi connectivity index (χ4n) is 4.31. The topological polar surface area (TPSA) is 78.7 Å². The van der Waals surface area contributed by atoms with Gasteiger partial charge in [0.1, 0.15) is 11.8 Å². The molecule has 1 saturated carbocycles. The third-order valence-electron chi connectivity index (χ3n) is 6.24. The lowest BCUT2D eigenvalue weighted by Crippen LogP contribution is -2.50. The predicted octanol–water partition coefficient (Wildman–Crippen LogP) is 4.74. The second kappa shape index (κ2) is 8.93. The van der Waals surface area contributed by atoms with E-state index in [1.54, 1.807) is 38.4 Å². The Bertz CT molecular complexity index is 1020. The number of aromatic nitrogens is 2. The highest BCUT2D eigenvalue weighted by Gasteiger charge is 2.60. The summed E-state index contributed by atoms with van der Waals surface area (Å²) in [7, 11) is -1.33. The van der Waals surface area contributed by atoms with Crippen LogP contribution in [0.15, 0.2) is 43.2 Å². The molecule has 5 nitrogen and oxygen atoms in total. The normalized spacial score (nSPS) is 31.0. The molecule has 1 N–H and O–H groups in total. The highest BCUT2D eigenvalue weighted by Crippen LogP contribution is 2.51. The van der Waals surface area contributed by atoms with Crippen molar-refractivity contribution in [2.24, 2.45) is 11.8 Å². The van der Waals surface area contributed by atoms with Crippen LogP contribution in [0, 0.1) is 23.2 Å². The van der Waals surface area contributed by atoms with Crippen molar-refractivity contribution in [1.82, 2.24) is 14.7 Å². The Kier molecular flexibility index (Phi) is 6.68. The first-order chi connectivity index (χ1) is 14.6. The lowest BCUT2D eigenvalue weighted by Gasteiger charge is -2.42. The van der Waals surface area contributed by atoms with Crippen molar-refractivity contribution in [3.8, 4) is 17.2 Å². The highest BCUT2D eigenvalue weighted by molar-refractivity contribution is 7.84. The van der Waals surface area contributed by atoms with Crippen LogP contribution < -0.4 is 4.72 Å². The summed E-state index contributed by atoms with van der Waals surface area (Å²) in [4.78, 5) is 8.20. The zero-order valence-corrected chi connectivity index (χ0v) is 18.6.